The van der Waals surface area contributed by atoms with Crippen LogP contribution in [0.2, 0.25) is 5.15 Å². The zero-order valence-corrected chi connectivity index (χ0v) is 14.1. The summed E-state index contributed by atoms with van der Waals surface area (Å²) in [6.45, 7) is 4.93. The first kappa shape index (κ1) is 16.3. The SMILES string of the molecule is CCOc1ccc(-c2nc(-c3cccnc3Cl)no2)cc1OCC. The first-order valence-electron chi connectivity index (χ1n) is 7.57. The number of pyridine rings is 1. The third kappa shape index (κ3) is 3.33. The van der Waals surface area contributed by atoms with Crippen LogP contribution in [0.25, 0.3) is 22.8 Å². The molecule has 0 saturated carbocycles. The Morgan fingerprint density at radius 3 is 2.62 bits per heavy atom. The Hall–Kier alpha value is -2.60. The lowest BCUT2D eigenvalue weighted by Crippen LogP contribution is -1.98. The van der Waals surface area contributed by atoms with E-state index in [9.17, 15) is 0 Å². The van der Waals surface area contributed by atoms with E-state index in [0.717, 1.165) is 5.56 Å². The maximum Gasteiger partial charge on any atom is 0.258 e. The highest BCUT2D eigenvalue weighted by molar-refractivity contribution is 6.31. The summed E-state index contributed by atoms with van der Waals surface area (Å²) in [5, 5.41) is 4.30. The van der Waals surface area contributed by atoms with Crippen LogP contribution in [-0.4, -0.2) is 28.3 Å². The van der Waals surface area contributed by atoms with Crippen LogP contribution in [0.3, 0.4) is 0 Å². The van der Waals surface area contributed by atoms with Gasteiger partial charge < -0.3 is 14.0 Å². The van der Waals surface area contributed by atoms with Crippen LogP contribution in [0.4, 0.5) is 0 Å². The largest absolute Gasteiger partial charge is 0.490 e. The second-order valence-corrected chi connectivity index (χ2v) is 5.15. The molecule has 0 bridgehead atoms. The number of hydrogen-bond acceptors (Lipinski definition) is 6. The molecule has 0 fully saturated rings. The van der Waals surface area contributed by atoms with Gasteiger partial charge >= 0.3 is 0 Å². The van der Waals surface area contributed by atoms with E-state index >= 15 is 0 Å². The predicted molar refractivity (Wildman–Crippen MR) is 90.3 cm³/mol. The Kier molecular flexibility index (Phi) is 4.96. The molecule has 0 unspecified atom stereocenters. The molecular formula is C17H16ClN3O3. The topological polar surface area (TPSA) is 70.3 Å². The molecule has 0 aliphatic heterocycles. The van der Waals surface area contributed by atoms with Crippen LogP contribution in [0.5, 0.6) is 11.5 Å². The number of ether oxygens (including phenoxy) is 2. The number of nitrogens with zero attached hydrogens (tertiary/aromatic N) is 3. The minimum Gasteiger partial charge on any atom is -0.490 e. The van der Waals surface area contributed by atoms with E-state index in [1.165, 1.54) is 0 Å². The van der Waals surface area contributed by atoms with E-state index < -0.39 is 0 Å². The quantitative estimate of drug-likeness (QED) is 0.622. The molecule has 0 saturated heterocycles. The third-order valence-corrected chi connectivity index (χ3v) is 3.52. The van der Waals surface area contributed by atoms with Gasteiger partial charge in [0.15, 0.2) is 11.5 Å². The molecule has 2 aromatic heterocycles. The molecule has 1 aromatic carbocycles. The summed E-state index contributed by atoms with van der Waals surface area (Å²) in [5.74, 6) is 2.07. The van der Waals surface area contributed by atoms with Crippen LogP contribution < -0.4 is 9.47 Å². The van der Waals surface area contributed by atoms with E-state index in [1.807, 2.05) is 32.0 Å². The van der Waals surface area contributed by atoms with Gasteiger partial charge in [-0.05, 0) is 44.2 Å². The summed E-state index contributed by atoms with van der Waals surface area (Å²) in [4.78, 5) is 8.41. The van der Waals surface area contributed by atoms with Crippen LogP contribution in [0.1, 0.15) is 13.8 Å². The Morgan fingerprint density at radius 2 is 1.88 bits per heavy atom. The number of rotatable bonds is 6. The minimum absolute atomic E-state index is 0.326. The molecule has 0 spiro atoms. The lowest BCUT2D eigenvalue weighted by molar-refractivity contribution is 0.288. The van der Waals surface area contributed by atoms with Crippen molar-refractivity contribution in [2.45, 2.75) is 13.8 Å². The van der Waals surface area contributed by atoms with Crippen molar-refractivity contribution in [3.8, 4) is 34.3 Å². The van der Waals surface area contributed by atoms with Gasteiger partial charge in [-0.3, -0.25) is 0 Å². The van der Waals surface area contributed by atoms with Gasteiger partial charge in [-0.25, -0.2) is 4.98 Å². The maximum atomic E-state index is 6.07. The lowest BCUT2D eigenvalue weighted by atomic mass is 10.2. The molecule has 0 aliphatic rings. The van der Waals surface area contributed by atoms with Gasteiger partial charge in [-0.15, -0.1) is 0 Å². The molecule has 124 valence electrons. The summed E-state index contributed by atoms with van der Waals surface area (Å²) in [7, 11) is 0. The van der Waals surface area contributed by atoms with Gasteiger partial charge in [0.2, 0.25) is 5.82 Å². The summed E-state index contributed by atoms with van der Waals surface area (Å²) < 4.78 is 16.5. The fraction of sp³-hybridized carbons (Fsp3) is 0.235. The van der Waals surface area contributed by atoms with Gasteiger partial charge in [-0.1, -0.05) is 16.8 Å². The zero-order chi connectivity index (χ0) is 16.9. The van der Waals surface area contributed by atoms with Crippen LogP contribution in [0.15, 0.2) is 41.1 Å². The van der Waals surface area contributed by atoms with Gasteiger partial charge in [0.1, 0.15) is 5.15 Å². The monoisotopic (exact) mass is 345 g/mol. The molecule has 0 atom stereocenters. The van der Waals surface area contributed by atoms with Crippen molar-refractivity contribution in [3.63, 3.8) is 0 Å². The van der Waals surface area contributed by atoms with Gasteiger partial charge in [-0.2, -0.15) is 4.98 Å². The number of hydrogen-bond donors (Lipinski definition) is 0. The smallest absolute Gasteiger partial charge is 0.258 e. The number of benzene rings is 1. The fourth-order valence-electron chi connectivity index (χ4n) is 2.19. The highest BCUT2D eigenvalue weighted by Gasteiger charge is 2.15. The zero-order valence-electron chi connectivity index (χ0n) is 13.3. The lowest BCUT2D eigenvalue weighted by Gasteiger charge is -2.11. The molecule has 2 heterocycles. The standard InChI is InChI=1S/C17H16ClN3O3/c1-3-22-13-8-7-11(10-14(13)23-4-2)17-20-16(21-24-17)12-6-5-9-19-15(12)18/h5-10H,3-4H2,1-2H3. The van der Waals surface area contributed by atoms with Crippen molar-refractivity contribution in [1.29, 1.82) is 0 Å². The summed E-state index contributed by atoms with van der Waals surface area (Å²) in [6.07, 6.45) is 1.60. The molecule has 3 rings (SSSR count). The third-order valence-electron chi connectivity index (χ3n) is 3.22. The van der Waals surface area contributed by atoms with Gasteiger partial charge in [0, 0.05) is 11.8 Å². The second kappa shape index (κ2) is 7.31. The average Bonchev–Trinajstić information content (AvgIpc) is 3.07. The summed E-state index contributed by atoms with van der Waals surface area (Å²) in [5.41, 5.74) is 1.35. The Bertz CT molecular complexity index is 835. The van der Waals surface area contributed by atoms with E-state index in [2.05, 4.69) is 15.1 Å². The van der Waals surface area contributed by atoms with Crippen molar-refractivity contribution >= 4 is 11.6 Å². The molecule has 0 N–H and O–H groups in total. The second-order valence-electron chi connectivity index (χ2n) is 4.79. The van der Waals surface area contributed by atoms with Crippen LogP contribution >= 0.6 is 11.6 Å². The van der Waals surface area contributed by atoms with E-state index in [4.69, 9.17) is 25.6 Å². The number of aromatic nitrogens is 3. The highest BCUT2D eigenvalue weighted by atomic mass is 35.5. The molecule has 6 nitrogen and oxygen atoms in total. The van der Waals surface area contributed by atoms with Gasteiger partial charge in [0.05, 0.1) is 18.8 Å². The highest BCUT2D eigenvalue weighted by Crippen LogP contribution is 2.33. The molecule has 3 aromatic rings. The summed E-state index contributed by atoms with van der Waals surface area (Å²) in [6, 6.07) is 9.03. The first-order valence-corrected chi connectivity index (χ1v) is 7.95. The molecule has 0 radical (unpaired) electrons. The normalized spacial score (nSPS) is 10.6. The summed E-state index contributed by atoms with van der Waals surface area (Å²) >= 11 is 6.07. The Balaban J connectivity index is 1.95. The fourth-order valence-corrected chi connectivity index (χ4v) is 2.39. The van der Waals surface area contributed by atoms with Gasteiger partial charge in [0.25, 0.3) is 5.89 Å². The van der Waals surface area contributed by atoms with E-state index in [-0.39, 0.29) is 0 Å². The molecule has 7 heteroatoms. The first-order chi connectivity index (χ1) is 11.7. The molecular weight excluding hydrogens is 330 g/mol. The van der Waals surface area contributed by atoms with Crippen molar-refractivity contribution in [1.82, 2.24) is 15.1 Å². The Morgan fingerprint density at radius 1 is 1.08 bits per heavy atom. The van der Waals surface area contributed by atoms with Crippen molar-refractivity contribution < 1.29 is 14.0 Å². The number of halogens is 1. The molecule has 24 heavy (non-hydrogen) atoms. The maximum absolute atomic E-state index is 6.07. The average molecular weight is 346 g/mol. The van der Waals surface area contributed by atoms with Crippen molar-refractivity contribution in [3.05, 3.63) is 41.7 Å². The van der Waals surface area contributed by atoms with Crippen LogP contribution in [-0.2, 0) is 0 Å². The van der Waals surface area contributed by atoms with E-state index in [1.54, 1.807) is 18.3 Å². The molecule has 0 aliphatic carbocycles. The van der Waals surface area contributed by atoms with E-state index in [0.29, 0.717) is 47.1 Å². The van der Waals surface area contributed by atoms with Crippen molar-refractivity contribution in [2.24, 2.45) is 0 Å². The predicted octanol–water partition coefficient (Wildman–Crippen LogP) is 4.25. The minimum atomic E-state index is 0.326. The Labute approximate surface area is 144 Å². The van der Waals surface area contributed by atoms with Crippen LogP contribution in [0, 0.1) is 0 Å². The molecule has 0 amide bonds. The van der Waals surface area contributed by atoms with Crippen molar-refractivity contribution in [2.75, 3.05) is 13.2 Å².